The van der Waals surface area contributed by atoms with E-state index < -0.39 is 66.1 Å². The van der Waals surface area contributed by atoms with Gasteiger partial charge in [0.05, 0.1) is 0 Å². The average molecular weight is 576 g/mol. The third-order valence-corrected chi connectivity index (χ3v) is 3.63. The van der Waals surface area contributed by atoms with Crippen molar-refractivity contribution in [3.63, 3.8) is 0 Å². The standard InChI is InChI=1S/C11F20O4/c12-1(32)2(13,14)33-8(24,25)5(19,20)3(15,16)4(17,18)6(21,22)9(26,27)35-11(30,31)7(23)10(28,29)34-7. The number of ether oxygens (including phenoxy) is 3. The molecule has 1 heterocycles. The Kier molecular flexibility index (Phi) is 6.75. The van der Waals surface area contributed by atoms with Gasteiger partial charge in [-0.2, -0.15) is 87.8 Å². The summed E-state index contributed by atoms with van der Waals surface area (Å²) in [6.07, 6.45) is -36.1. The summed E-state index contributed by atoms with van der Waals surface area (Å²) in [4.78, 5) is 9.62. The Hall–Kier alpha value is -1.85. The van der Waals surface area contributed by atoms with Gasteiger partial charge in [0.1, 0.15) is 0 Å². The zero-order chi connectivity index (χ0) is 28.7. The summed E-state index contributed by atoms with van der Waals surface area (Å²) in [6, 6.07) is -4.49. The van der Waals surface area contributed by atoms with Crippen LogP contribution in [0.3, 0.4) is 0 Å². The summed E-state index contributed by atoms with van der Waals surface area (Å²) in [6.45, 7) is 0. The molecule has 1 rings (SSSR count). The smallest absolute Gasteiger partial charge is 0.263 e. The Morgan fingerprint density at radius 1 is 0.571 bits per heavy atom. The van der Waals surface area contributed by atoms with E-state index in [0.29, 0.717) is 0 Å². The number of epoxide rings is 1. The molecule has 4 nitrogen and oxygen atoms in total. The number of hydrogen-bond donors (Lipinski definition) is 0. The minimum absolute atomic E-state index is 1.30. The normalized spacial score (nSPS) is 22.9. The molecular formula is C11F20O4. The molecular weight excluding hydrogens is 576 g/mol. The van der Waals surface area contributed by atoms with Gasteiger partial charge in [-0.3, -0.25) is 9.53 Å². The zero-order valence-electron chi connectivity index (χ0n) is 14.7. The predicted molar refractivity (Wildman–Crippen MR) is 57.7 cm³/mol. The number of carbonyl (C=O) groups is 1. The number of halogens is 20. The van der Waals surface area contributed by atoms with Crippen LogP contribution in [0.1, 0.15) is 0 Å². The van der Waals surface area contributed by atoms with Gasteiger partial charge in [0, 0.05) is 0 Å². The molecule has 0 aromatic heterocycles. The van der Waals surface area contributed by atoms with Gasteiger partial charge in [0.25, 0.3) is 0 Å². The maximum absolute atomic E-state index is 13.4. The minimum Gasteiger partial charge on any atom is -0.263 e. The number of carbonyl (C=O) groups excluding carboxylic acids is 1. The fourth-order valence-electron chi connectivity index (χ4n) is 1.70. The highest BCUT2D eigenvalue weighted by molar-refractivity contribution is 5.74. The molecule has 35 heavy (non-hydrogen) atoms. The third kappa shape index (κ3) is 4.23. The van der Waals surface area contributed by atoms with E-state index in [1.165, 1.54) is 9.47 Å². The fourth-order valence-corrected chi connectivity index (χ4v) is 1.70. The molecule has 1 atom stereocenters. The van der Waals surface area contributed by atoms with Crippen LogP contribution in [0.5, 0.6) is 0 Å². The molecule has 1 unspecified atom stereocenters. The molecule has 1 saturated heterocycles. The van der Waals surface area contributed by atoms with Crippen LogP contribution in [-0.4, -0.2) is 66.1 Å². The van der Waals surface area contributed by atoms with Crippen LogP contribution in [0.15, 0.2) is 0 Å². The van der Waals surface area contributed by atoms with E-state index in [0.717, 1.165) is 0 Å². The lowest BCUT2D eigenvalue weighted by Crippen LogP contribution is -2.72. The van der Waals surface area contributed by atoms with Gasteiger partial charge in [-0.15, -0.1) is 0 Å². The number of rotatable bonds is 11. The molecule has 0 aromatic rings. The molecule has 0 amide bonds. The highest BCUT2D eigenvalue weighted by Gasteiger charge is 2.95. The van der Waals surface area contributed by atoms with Gasteiger partial charge in [-0.1, -0.05) is 0 Å². The lowest BCUT2D eigenvalue weighted by molar-refractivity contribution is -0.512. The molecule has 0 aliphatic carbocycles. The van der Waals surface area contributed by atoms with Crippen molar-refractivity contribution < 1.29 is 107 Å². The quantitative estimate of drug-likeness (QED) is 0.180. The van der Waals surface area contributed by atoms with Crippen molar-refractivity contribution in [2.45, 2.75) is 60.1 Å². The van der Waals surface area contributed by atoms with Crippen LogP contribution in [0.25, 0.3) is 0 Å². The van der Waals surface area contributed by atoms with E-state index in [1.807, 2.05) is 0 Å². The summed E-state index contributed by atoms with van der Waals surface area (Å²) in [5.74, 6) is -41.0. The second kappa shape index (κ2) is 7.58. The summed E-state index contributed by atoms with van der Waals surface area (Å²) in [7, 11) is 0. The van der Waals surface area contributed by atoms with Gasteiger partial charge < -0.3 is 0 Å². The van der Waals surface area contributed by atoms with Crippen LogP contribution in [0, 0.1) is 0 Å². The van der Waals surface area contributed by atoms with Crippen molar-refractivity contribution >= 4 is 6.04 Å². The Bertz CT molecular complexity index is 850. The van der Waals surface area contributed by atoms with Gasteiger partial charge in [0.2, 0.25) is 0 Å². The molecule has 0 aromatic carbocycles. The maximum Gasteiger partial charge on any atom is 0.453 e. The largest absolute Gasteiger partial charge is 0.453 e. The molecule has 1 aliphatic rings. The van der Waals surface area contributed by atoms with Crippen molar-refractivity contribution in [1.29, 1.82) is 0 Å². The number of hydrogen-bond acceptors (Lipinski definition) is 4. The lowest BCUT2D eigenvalue weighted by Gasteiger charge is -2.41. The number of alkyl halides is 19. The van der Waals surface area contributed by atoms with E-state index >= 15 is 0 Å². The maximum atomic E-state index is 13.4. The molecule has 1 aliphatic heterocycles. The molecule has 0 N–H and O–H groups in total. The molecule has 1 fully saturated rings. The summed E-state index contributed by atoms with van der Waals surface area (Å²) in [5.41, 5.74) is 0. The topological polar surface area (TPSA) is 48.1 Å². The molecule has 0 radical (unpaired) electrons. The van der Waals surface area contributed by atoms with E-state index in [2.05, 4.69) is 4.74 Å². The fraction of sp³-hybridized carbons (Fsp3) is 0.909. The molecule has 208 valence electrons. The summed E-state index contributed by atoms with van der Waals surface area (Å²) < 4.78 is 264. The molecule has 0 bridgehead atoms. The van der Waals surface area contributed by atoms with E-state index in [4.69, 9.17) is 0 Å². The monoisotopic (exact) mass is 576 g/mol. The Morgan fingerprint density at radius 3 is 1.11 bits per heavy atom. The Labute approximate surface area is 174 Å². The van der Waals surface area contributed by atoms with E-state index in [1.54, 1.807) is 0 Å². The lowest BCUT2D eigenvalue weighted by atomic mass is 9.97. The minimum atomic E-state index is -8.83. The first-order valence-electron chi connectivity index (χ1n) is 7.21. The van der Waals surface area contributed by atoms with Crippen molar-refractivity contribution in [3.8, 4) is 0 Å². The van der Waals surface area contributed by atoms with Gasteiger partial charge in [0.15, 0.2) is 0 Å². The molecule has 24 heteroatoms. The van der Waals surface area contributed by atoms with Gasteiger partial charge >= 0.3 is 66.1 Å². The van der Waals surface area contributed by atoms with Crippen LogP contribution in [0.4, 0.5) is 87.8 Å². The first-order valence-corrected chi connectivity index (χ1v) is 7.21. The summed E-state index contributed by atoms with van der Waals surface area (Å²) >= 11 is 0. The highest BCUT2D eigenvalue weighted by atomic mass is 19.4. The third-order valence-electron chi connectivity index (χ3n) is 3.63. The van der Waals surface area contributed by atoms with Crippen molar-refractivity contribution in [3.05, 3.63) is 0 Å². The van der Waals surface area contributed by atoms with Crippen LogP contribution >= 0.6 is 0 Å². The van der Waals surface area contributed by atoms with Crippen LogP contribution in [0.2, 0.25) is 0 Å². The molecule has 0 saturated carbocycles. The molecule has 0 spiro atoms. The first-order chi connectivity index (χ1) is 14.8. The Morgan fingerprint density at radius 2 is 0.857 bits per heavy atom. The van der Waals surface area contributed by atoms with Crippen molar-refractivity contribution in [2.75, 3.05) is 0 Å². The predicted octanol–water partition coefficient (Wildman–Crippen LogP) is 5.72. The second-order valence-corrected chi connectivity index (χ2v) is 6.06. The van der Waals surface area contributed by atoms with E-state index in [9.17, 15) is 92.6 Å². The van der Waals surface area contributed by atoms with Gasteiger partial charge in [-0.25, -0.2) is 9.47 Å². The zero-order valence-corrected chi connectivity index (χ0v) is 14.7. The van der Waals surface area contributed by atoms with Crippen molar-refractivity contribution in [1.82, 2.24) is 0 Å². The summed E-state index contributed by atoms with van der Waals surface area (Å²) in [5, 5.41) is 0. The van der Waals surface area contributed by atoms with Crippen LogP contribution in [-0.2, 0) is 19.0 Å². The highest BCUT2D eigenvalue weighted by Crippen LogP contribution is 2.65. The average Bonchev–Trinajstić information content (AvgIpc) is 3.12. The van der Waals surface area contributed by atoms with E-state index in [-0.39, 0.29) is 0 Å². The Balaban J connectivity index is 3.48. The van der Waals surface area contributed by atoms with Gasteiger partial charge in [-0.05, 0) is 0 Å². The second-order valence-electron chi connectivity index (χ2n) is 6.06. The first kappa shape index (κ1) is 31.2. The van der Waals surface area contributed by atoms with Crippen molar-refractivity contribution in [2.24, 2.45) is 0 Å². The van der Waals surface area contributed by atoms with Crippen LogP contribution < -0.4 is 0 Å². The SMILES string of the molecule is O=C(F)C(F)(F)OC(F)(F)C(F)(F)C(F)(F)C(F)(F)C(F)(F)C(F)(F)OC(F)(F)C1(F)OC1(F)F.